The van der Waals surface area contributed by atoms with Crippen LogP contribution in [0.2, 0.25) is 0 Å². The highest BCUT2D eigenvalue weighted by atomic mass is 32.2. The van der Waals surface area contributed by atoms with Gasteiger partial charge in [-0.3, -0.25) is 10.4 Å². The number of rotatable bonds is 2. The molecule has 0 aromatic heterocycles. The van der Waals surface area contributed by atoms with Gasteiger partial charge in [0.2, 0.25) is 6.79 Å². The van der Waals surface area contributed by atoms with Crippen molar-refractivity contribution in [1.82, 2.24) is 5.43 Å². The number of hydrogen-bond donors (Lipinski definition) is 1. The fraction of sp³-hybridized carbons (Fsp3) is 0.333. The van der Waals surface area contributed by atoms with Crippen molar-refractivity contribution in [2.45, 2.75) is 13.0 Å². The summed E-state index contributed by atoms with van der Waals surface area (Å²) in [5.74, 6) is 2.56. The molecule has 0 bridgehead atoms. The average molecular weight is 263 g/mol. The molecule has 2 aliphatic heterocycles. The molecule has 1 unspecified atom stereocenters. The zero-order valence-electron chi connectivity index (χ0n) is 9.92. The van der Waals surface area contributed by atoms with E-state index in [2.05, 4.69) is 22.4 Å². The second kappa shape index (κ2) is 4.89. The topological polar surface area (TPSA) is 55.2 Å². The van der Waals surface area contributed by atoms with Crippen molar-refractivity contribution >= 4 is 23.1 Å². The predicted molar refractivity (Wildman–Crippen MR) is 72.6 cm³/mol. The summed E-state index contributed by atoms with van der Waals surface area (Å²) in [7, 11) is 0. The van der Waals surface area contributed by atoms with E-state index in [1.165, 1.54) is 0 Å². The molecule has 0 amide bonds. The second-order valence-corrected chi connectivity index (χ2v) is 5.09. The van der Waals surface area contributed by atoms with Gasteiger partial charge in [0.15, 0.2) is 16.7 Å². The molecular formula is C12H13N3O2S. The van der Waals surface area contributed by atoms with E-state index in [1.54, 1.807) is 18.0 Å². The molecule has 3 rings (SSSR count). The van der Waals surface area contributed by atoms with Gasteiger partial charge in [-0.1, -0.05) is 11.8 Å². The van der Waals surface area contributed by atoms with E-state index in [4.69, 9.17) is 9.47 Å². The number of nitrogens with one attached hydrogen (secondary N) is 1. The Morgan fingerprint density at radius 3 is 3.17 bits per heavy atom. The first-order valence-electron chi connectivity index (χ1n) is 5.70. The van der Waals surface area contributed by atoms with Crippen LogP contribution in [0.1, 0.15) is 12.5 Å². The summed E-state index contributed by atoms with van der Waals surface area (Å²) in [6.45, 7) is 2.38. The van der Waals surface area contributed by atoms with Crippen molar-refractivity contribution in [3.8, 4) is 11.5 Å². The van der Waals surface area contributed by atoms with Crippen LogP contribution in [0.15, 0.2) is 28.3 Å². The number of nitrogens with zero attached hydrogens (tertiary/aromatic N) is 2. The van der Waals surface area contributed by atoms with Crippen molar-refractivity contribution in [3.63, 3.8) is 0 Å². The van der Waals surface area contributed by atoms with Gasteiger partial charge in [-0.05, 0) is 30.7 Å². The Morgan fingerprint density at radius 1 is 1.44 bits per heavy atom. The Balaban J connectivity index is 1.64. The molecular weight excluding hydrogens is 250 g/mol. The van der Waals surface area contributed by atoms with Crippen LogP contribution in [-0.2, 0) is 0 Å². The molecule has 2 aliphatic rings. The van der Waals surface area contributed by atoms with E-state index in [-0.39, 0.29) is 0 Å². The standard InChI is InChI=1S/C12H13N3O2S/c1-8-6-18-12(14-8)15-13-5-9-2-3-10-11(4-9)17-7-16-10/h2-5,8H,6-7H2,1H3,(H,14,15). The number of ether oxygens (including phenoxy) is 2. The van der Waals surface area contributed by atoms with Crippen LogP contribution in [0.25, 0.3) is 0 Å². The molecule has 0 radical (unpaired) electrons. The van der Waals surface area contributed by atoms with Crippen LogP contribution in [0, 0.1) is 0 Å². The normalized spacial score (nSPS) is 21.4. The zero-order valence-corrected chi connectivity index (χ0v) is 10.7. The summed E-state index contributed by atoms with van der Waals surface area (Å²) in [6, 6.07) is 6.09. The molecule has 0 saturated heterocycles. The van der Waals surface area contributed by atoms with Crippen molar-refractivity contribution < 1.29 is 9.47 Å². The largest absolute Gasteiger partial charge is 0.454 e. The van der Waals surface area contributed by atoms with Gasteiger partial charge in [0.05, 0.1) is 12.3 Å². The number of aliphatic imine (C=N–C) groups is 1. The van der Waals surface area contributed by atoms with Crippen LogP contribution < -0.4 is 14.9 Å². The van der Waals surface area contributed by atoms with Crippen molar-refractivity contribution in [2.24, 2.45) is 10.1 Å². The highest BCUT2D eigenvalue weighted by Crippen LogP contribution is 2.31. The number of thioether (sulfide) groups is 1. The van der Waals surface area contributed by atoms with E-state index in [9.17, 15) is 0 Å². The first-order valence-corrected chi connectivity index (χ1v) is 6.69. The molecule has 1 aromatic rings. The molecule has 1 N–H and O–H groups in total. The summed E-state index contributed by atoms with van der Waals surface area (Å²) < 4.78 is 10.5. The van der Waals surface area contributed by atoms with Crippen molar-refractivity contribution in [2.75, 3.05) is 12.5 Å². The third-order valence-corrected chi connectivity index (χ3v) is 3.69. The number of amidine groups is 1. The number of fused-ring (bicyclic) bond motifs is 1. The molecule has 1 atom stereocenters. The van der Waals surface area contributed by atoms with Crippen molar-refractivity contribution in [3.05, 3.63) is 23.8 Å². The maximum Gasteiger partial charge on any atom is 0.231 e. The van der Waals surface area contributed by atoms with Crippen molar-refractivity contribution in [1.29, 1.82) is 0 Å². The smallest absolute Gasteiger partial charge is 0.231 e. The van der Waals surface area contributed by atoms with E-state index in [0.29, 0.717) is 12.8 Å². The van der Waals surface area contributed by atoms with Gasteiger partial charge in [-0.25, -0.2) is 0 Å². The summed E-state index contributed by atoms with van der Waals surface area (Å²) in [5, 5.41) is 5.04. The fourth-order valence-corrected chi connectivity index (χ4v) is 2.54. The quantitative estimate of drug-likeness (QED) is 0.653. The maximum atomic E-state index is 5.30. The Hall–Kier alpha value is -1.69. The van der Waals surface area contributed by atoms with Gasteiger partial charge in [0.1, 0.15) is 0 Å². The zero-order chi connectivity index (χ0) is 12.4. The molecule has 94 valence electrons. The van der Waals surface area contributed by atoms with Crippen LogP contribution in [-0.4, -0.2) is 30.0 Å². The lowest BCUT2D eigenvalue weighted by Gasteiger charge is -1.98. The van der Waals surface area contributed by atoms with E-state index in [1.807, 2.05) is 18.2 Å². The molecule has 0 saturated carbocycles. The minimum atomic E-state index is 0.291. The third kappa shape index (κ3) is 2.43. The second-order valence-electron chi connectivity index (χ2n) is 4.08. The molecule has 0 aliphatic carbocycles. The lowest BCUT2D eigenvalue weighted by molar-refractivity contribution is 0.174. The predicted octanol–water partition coefficient (Wildman–Crippen LogP) is 1.83. The molecule has 0 fully saturated rings. The molecule has 6 heteroatoms. The van der Waals surface area contributed by atoms with Crippen LogP contribution in [0.3, 0.4) is 0 Å². The maximum absolute atomic E-state index is 5.30. The number of hydrazone groups is 1. The summed E-state index contributed by atoms with van der Waals surface area (Å²) in [4.78, 5) is 4.39. The molecule has 1 aromatic carbocycles. The monoisotopic (exact) mass is 263 g/mol. The summed E-state index contributed by atoms with van der Waals surface area (Å²) in [5.41, 5.74) is 3.90. The van der Waals surface area contributed by atoms with Gasteiger partial charge < -0.3 is 9.47 Å². The Labute approximate surface area is 109 Å². The number of hydrogen-bond acceptors (Lipinski definition) is 6. The summed E-state index contributed by atoms with van der Waals surface area (Å²) in [6.07, 6.45) is 1.74. The minimum Gasteiger partial charge on any atom is -0.454 e. The third-order valence-electron chi connectivity index (χ3n) is 2.57. The SMILES string of the molecule is CC1CSC(NN=Cc2ccc3c(c2)OCO3)=N1. The van der Waals surface area contributed by atoms with Crippen LogP contribution >= 0.6 is 11.8 Å². The van der Waals surface area contributed by atoms with E-state index in [0.717, 1.165) is 28.0 Å². The lowest BCUT2D eigenvalue weighted by atomic mass is 10.2. The van der Waals surface area contributed by atoms with E-state index >= 15 is 0 Å². The first-order chi connectivity index (χ1) is 8.81. The van der Waals surface area contributed by atoms with Gasteiger partial charge in [-0.2, -0.15) is 5.10 Å². The number of benzene rings is 1. The Bertz CT molecular complexity index is 516. The van der Waals surface area contributed by atoms with Gasteiger partial charge in [0.25, 0.3) is 0 Å². The Morgan fingerprint density at radius 2 is 2.33 bits per heavy atom. The molecule has 2 heterocycles. The van der Waals surface area contributed by atoms with Crippen LogP contribution in [0.5, 0.6) is 11.5 Å². The van der Waals surface area contributed by atoms with E-state index < -0.39 is 0 Å². The summed E-state index contributed by atoms with van der Waals surface area (Å²) >= 11 is 1.69. The molecule has 5 nitrogen and oxygen atoms in total. The first kappa shape index (κ1) is 11.4. The Kier molecular flexibility index (Phi) is 3.10. The highest BCUT2D eigenvalue weighted by Gasteiger charge is 2.13. The van der Waals surface area contributed by atoms with Gasteiger partial charge >= 0.3 is 0 Å². The minimum absolute atomic E-state index is 0.291. The highest BCUT2D eigenvalue weighted by molar-refractivity contribution is 8.14. The lowest BCUT2D eigenvalue weighted by Crippen LogP contribution is -2.11. The van der Waals surface area contributed by atoms with Gasteiger partial charge in [-0.15, -0.1) is 0 Å². The average Bonchev–Trinajstić information content (AvgIpc) is 2.97. The van der Waals surface area contributed by atoms with Crippen LogP contribution in [0.4, 0.5) is 0 Å². The molecule has 0 spiro atoms. The molecule has 18 heavy (non-hydrogen) atoms. The fourth-order valence-electron chi connectivity index (χ4n) is 1.69. The van der Waals surface area contributed by atoms with Gasteiger partial charge in [0, 0.05) is 5.75 Å².